The van der Waals surface area contributed by atoms with Crippen LogP contribution in [0.2, 0.25) is 0 Å². The highest BCUT2D eigenvalue weighted by Gasteiger charge is 2.20. The number of ether oxygens (including phenoxy) is 1. The second kappa shape index (κ2) is 4.61. The SMILES string of the molecule is C[C@@H](N)Cn1cc(C(=O)OC(C)(C)C)nn1. The van der Waals surface area contributed by atoms with Gasteiger partial charge in [0.25, 0.3) is 0 Å². The molecule has 0 radical (unpaired) electrons. The highest BCUT2D eigenvalue weighted by molar-refractivity contribution is 5.86. The number of nitrogens with zero attached hydrogens (tertiary/aromatic N) is 3. The lowest BCUT2D eigenvalue weighted by molar-refractivity contribution is 0.00627. The highest BCUT2D eigenvalue weighted by atomic mass is 16.6. The third-order valence-electron chi connectivity index (χ3n) is 1.62. The van der Waals surface area contributed by atoms with Gasteiger partial charge in [0, 0.05) is 6.04 Å². The number of hydrogen-bond acceptors (Lipinski definition) is 5. The zero-order chi connectivity index (χ0) is 12.3. The molecule has 0 spiro atoms. The molecular weight excluding hydrogens is 208 g/mol. The van der Waals surface area contributed by atoms with Crippen LogP contribution in [0.25, 0.3) is 0 Å². The van der Waals surface area contributed by atoms with Crippen molar-refractivity contribution in [3.63, 3.8) is 0 Å². The van der Waals surface area contributed by atoms with Crippen LogP contribution in [0.15, 0.2) is 6.20 Å². The Morgan fingerprint density at radius 2 is 2.25 bits per heavy atom. The molecule has 90 valence electrons. The van der Waals surface area contributed by atoms with Gasteiger partial charge in [-0.05, 0) is 27.7 Å². The van der Waals surface area contributed by atoms with Gasteiger partial charge in [-0.2, -0.15) is 0 Å². The molecule has 0 amide bonds. The minimum Gasteiger partial charge on any atom is -0.455 e. The summed E-state index contributed by atoms with van der Waals surface area (Å²) in [5.41, 5.74) is 5.29. The fourth-order valence-corrected chi connectivity index (χ4v) is 1.11. The predicted octanol–water partition coefficient (Wildman–Crippen LogP) is 0.581. The van der Waals surface area contributed by atoms with Crippen molar-refractivity contribution in [1.82, 2.24) is 15.0 Å². The third kappa shape index (κ3) is 3.98. The molecule has 6 nitrogen and oxygen atoms in total. The van der Waals surface area contributed by atoms with Crippen molar-refractivity contribution < 1.29 is 9.53 Å². The van der Waals surface area contributed by atoms with Crippen LogP contribution in [-0.4, -0.2) is 32.6 Å². The molecule has 1 aromatic heterocycles. The normalized spacial score (nSPS) is 13.6. The van der Waals surface area contributed by atoms with Gasteiger partial charge >= 0.3 is 5.97 Å². The van der Waals surface area contributed by atoms with Crippen LogP contribution in [0.5, 0.6) is 0 Å². The lowest BCUT2D eigenvalue weighted by Crippen LogP contribution is -2.24. The molecule has 0 unspecified atom stereocenters. The average Bonchev–Trinajstić information content (AvgIpc) is 2.48. The van der Waals surface area contributed by atoms with Crippen molar-refractivity contribution in [2.75, 3.05) is 0 Å². The largest absolute Gasteiger partial charge is 0.455 e. The fraction of sp³-hybridized carbons (Fsp3) is 0.700. The summed E-state index contributed by atoms with van der Waals surface area (Å²) in [5.74, 6) is -0.469. The van der Waals surface area contributed by atoms with Gasteiger partial charge in [0.15, 0.2) is 5.69 Å². The van der Waals surface area contributed by atoms with Gasteiger partial charge in [-0.15, -0.1) is 5.10 Å². The van der Waals surface area contributed by atoms with Crippen LogP contribution in [0.3, 0.4) is 0 Å². The molecule has 6 heteroatoms. The number of esters is 1. The maximum atomic E-state index is 11.6. The molecule has 0 saturated heterocycles. The summed E-state index contributed by atoms with van der Waals surface area (Å²) in [6.45, 7) is 7.79. The van der Waals surface area contributed by atoms with Gasteiger partial charge in [-0.3, -0.25) is 4.68 Å². The molecule has 2 N–H and O–H groups in total. The van der Waals surface area contributed by atoms with Crippen LogP contribution in [0, 0.1) is 0 Å². The zero-order valence-electron chi connectivity index (χ0n) is 10.1. The molecule has 0 aromatic carbocycles. The smallest absolute Gasteiger partial charge is 0.361 e. The molecule has 1 atom stereocenters. The summed E-state index contributed by atoms with van der Waals surface area (Å²) < 4.78 is 6.69. The van der Waals surface area contributed by atoms with Gasteiger partial charge < -0.3 is 10.5 Å². The van der Waals surface area contributed by atoms with Gasteiger partial charge in [0.1, 0.15) is 5.60 Å². The summed E-state index contributed by atoms with van der Waals surface area (Å²) in [6.07, 6.45) is 1.54. The molecule has 0 aliphatic heterocycles. The maximum absolute atomic E-state index is 11.6. The summed E-state index contributed by atoms with van der Waals surface area (Å²) in [5, 5.41) is 7.53. The van der Waals surface area contributed by atoms with Gasteiger partial charge in [-0.25, -0.2) is 4.79 Å². The Hall–Kier alpha value is -1.43. The van der Waals surface area contributed by atoms with Gasteiger partial charge in [-0.1, -0.05) is 5.21 Å². The molecule has 0 aliphatic carbocycles. The predicted molar refractivity (Wildman–Crippen MR) is 58.8 cm³/mol. The van der Waals surface area contributed by atoms with Crippen molar-refractivity contribution in [3.8, 4) is 0 Å². The summed E-state index contributed by atoms with van der Waals surface area (Å²) >= 11 is 0. The number of rotatable bonds is 3. The molecule has 16 heavy (non-hydrogen) atoms. The van der Waals surface area contributed by atoms with Crippen molar-refractivity contribution in [3.05, 3.63) is 11.9 Å². The van der Waals surface area contributed by atoms with Crippen molar-refractivity contribution >= 4 is 5.97 Å². The molecule has 0 aliphatic rings. The van der Waals surface area contributed by atoms with E-state index in [1.807, 2.05) is 6.92 Å². The van der Waals surface area contributed by atoms with Crippen LogP contribution in [0.4, 0.5) is 0 Å². The monoisotopic (exact) mass is 226 g/mol. The van der Waals surface area contributed by atoms with Crippen molar-refractivity contribution in [2.45, 2.75) is 45.9 Å². The topological polar surface area (TPSA) is 83.0 Å². The Morgan fingerprint density at radius 3 is 2.75 bits per heavy atom. The van der Waals surface area contributed by atoms with E-state index < -0.39 is 11.6 Å². The molecular formula is C10H18N4O2. The van der Waals surface area contributed by atoms with Crippen LogP contribution < -0.4 is 5.73 Å². The molecule has 1 heterocycles. The third-order valence-corrected chi connectivity index (χ3v) is 1.62. The van der Waals surface area contributed by atoms with E-state index in [0.29, 0.717) is 6.54 Å². The number of aromatic nitrogens is 3. The molecule has 1 rings (SSSR count). The first-order chi connectivity index (χ1) is 7.28. The number of carbonyl (C=O) groups is 1. The van der Waals surface area contributed by atoms with Gasteiger partial charge in [0.2, 0.25) is 0 Å². The van der Waals surface area contributed by atoms with E-state index in [1.165, 1.54) is 10.9 Å². The molecule has 1 aromatic rings. The van der Waals surface area contributed by atoms with E-state index in [9.17, 15) is 4.79 Å². The zero-order valence-corrected chi connectivity index (χ0v) is 10.1. The van der Waals surface area contributed by atoms with E-state index in [-0.39, 0.29) is 11.7 Å². The Kier molecular flexibility index (Phi) is 3.64. The second-order valence-electron chi connectivity index (χ2n) is 4.80. The average molecular weight is 226 g/mol. The van der Waals surface area contributed by atoms with E-state index in [4.69, 9.17) is 10.5 Å². The van der Waals surface area contributed by atoms with Crippen molar-refractivity contribution in [2.24, 2.45) is 5.73 Å². The standard InChI is InChI=1S/C10H18N4O2/c1-7(11)5-14-6-8(12-13-14)9(15)16-10(2,3)4/h6-7H,5,11H2,1-4H3/t7-/m1/s1. The number of nitrogens with two attached hydrogens (primary N) is 1. The summed E-state index contributed by atoms with van der Waals surface area (Å²) in [4.78, 5) is 11.6. The van der Waals surface area contributed by atoms with Crippen molar-refractivity contribution in [1.29, 1.82) is 0 Å². The molecule has 0 bridgehead atoms. The lowest BCUT2D eigenvalue weighted by atomic mass is 10.2. The van der Waals surface area contributed by atoms with E-state index in [0.717, 1.165) is 0 Å². The lowest BCUT2D eigenvalue weighted by Gasteiger charge is -2.18. The summed E-state index contributed by atoms with van der Waals surface area (Å²) in [6, 6.07) is -0.0341. The van der Waals surface area contributed by atoms with E-state index in [1.54, 1.807) is 20.8 Å². The molecule has 0 saturated carbocycles. The Labute approximate surface area is 94.8 Å². The summed E-state index contributed by atoms with van der Waals surface area (Å²) in [7, 11) is 0. The van der Waals surface area contributed by atoms with Crippen LogP contribution in [-0.2, 0) is 11.3 Å². The quantitative estimate of drug-likeness (QED) is 0.762. The first kappa shape index (κ1) is 12.6. The van der Waals surface area contributed by atoms with Crippen LogP contribution >= 0.6 is 0 Å². The maximum Gasteiger partial charge on any atom is 0.361 e. The first-order valence-corrected chi connectivity index (χ1v) is 5.17. The Morgan fingerprint density at radius 1 is 1.62 bits per heavy atom. The minimum absolute atomic E-state index is 0.0341. The Bertz CT molecular complexity index is 365. The molecule has 0 fully saturated rings. The van der Waals surface area contributed by atoms with Gasteiger partial charge in [0.05, 0.1) is 12.7 Å². The minimum atomic E-state index is -0.526. The Balaban J connectivity index is 2.67. The van der Waals surface area contributed by atoms with E-state index >= 15 is 0 Å². The first-order valence-electron chi connectivity index (χ1n) is 5.17. The van der Waals surface area contributed by atoms with E-state index in [2.05, 4.69) is 10.3 Å². The fourth-order valence-electron chi connectivity index (χ4n) is 1.11. The highest BCUT2D eigenvalue weighted by Crippen LogP contribution is 2.10. The number of carbonyl (C=O) groups excluding carboxylic acids is 1. The van der Waals surface area contributed by atoms with Crippen LogP contribution in [0.1, 0.15) is 38.2 Å². The number of hydrogen-bond donors (Lipinski definition) is 1. The second-order valence-corrected chi connectivity index (χ2v) is 4.80.